The third-order valence-corrected chi connectivity index (χ3v) is 12.4. The summed E-state index contributed by atoms with van der Waals surface area (Å²) in [5, 5.41) is 5.02. The predicted molar refractivity (Wildman–Crippen MR) is 238 cm³/mol. The summed E-state index contributed by atoms with van der Waals surface area (Å²) < 4.78 is 4.86. The van der Waals surface area contributed by atoms with Gasteiger partial charge < -0.3 is 9.13 Å². The van der Waals surface area contributed by atoms with E-state index in [1.807, 2.05) is 0 Å². The molecule has 2 aromatic heterocycles. The number of nitrogens with zero attached hydrogens (tertiary/aromatic N) is 2. The molecule has 11 aromatic rings. The maximum absolute atomic E-state index is 2.46. The maximum atomic E-state index is 2.46. The molecule has 1 aliphatic rings. The van der Waals surface area contributed by atoms with Gasteiger partial charge in [0.15, 0.2) is 0 Å². The Hall–Kier alpha value is -7.42. The van der Waals surface area contributed by atoms with Crippen LogP contribution in [0, 0.1) is 0 Å². The van der Waals surface area contributed by atoms with Gasteiger partial charge in [0.2, 0.25) is 0 Å². The molecule has 0 bridgehead atoms. The zero-order valence-electron chi connectivity index (χ0n) is 31.2. The monoisotopic (exact) mass is 724 g/mol. The first-order chi connectivity index (χ1) is 28.3. The van der Waals surface area contributed by atoms with E-state index < -0.39 is 5.41 Å². The molecule has 0 saturated heterocycles. The van der Waals surface area contributed by atoms with E-state index in [2.05, 4.69) is 228 Å². The van der Waals surface area contributed by atoms with Crippen LogP contribution in [0.2, 0.25) is 0 Å². The molecule has 0 unspecified atom stereocenters. The van der Waals surface area contributed by atoms with Crippen LogP contribution in [0.5, 0.6) is 0 Å². The Morgan fingerprint density at radius 3 is 1.42 bits per heavy atom. The number of aromatic nitrogens is 2. The minimum Gasteiger partial charge on any atom is -0.309 e. The fourth-order valence-corrected chi connectivity index (χ4v) is 10.0. The standard InChI is InChI=1S/C55H36N2/c1-3-17-39(18-4-1)55(40-19-5-2-6-20-40)49-26-11-7-22-43(49)44-32-30-38(35-50(44)55)37-16-15-21-41(34-37)57-53-29-14-10-25-47(53)48-33-31-42(36-54(48)57)56-51-27-12-8-23-45(51)46-24-9-13-28-52(46)56/h1-36H. The molecule has 0 atom stereocenters. The van der Waals surface area contributed by atoms with E-state index in [1.165, 1.54) is 88.1 Å². The van der Waals surface area contributed by atoms with Gasteiger partial charge >= 0.3 is 0 Å². The van der Waals surface area contributed by atoms with Crippen molar-refractivity contribution in [3.05, 3.63) is 241 Å². The molecular weight excluding hydrogens is 689 g/mol. The lowest BCUT2D eigenvalue weighted by Gasteiger charge is -2.34. The predicted octanol–water partition coefficient (Wildman–Crippen LogP) is 13.9. The van der Waals surface area contributed by atoms with Crippen LogP contribution in [0.25, 0.3) is 77.2 Å². The van der Waals surface area contributed by atoms with Crippen LogP contribution in [0.15, 0.2) is 218 Å². The lowest BCUT2D eigenvalue weighted by molar-refractivity contribution is 0.769. The second-order valence-electron chi connectivity index (χ2n) is 15.3. The van der Waals surface area contributed by atoms with Gasteiger partial charge in [0.05, 0.1) is 27.5 Å². The molecule has 9 aromatic carbocycles. The van der Waals surface area contributed by atoms with E-state index in [9.17, 15) is 0 Å². The van der Waals surface area contributed by atoms with Gasteiger partial charge in [-0.1, -0.05) is 170 Å². The number of hydrogen-bond donors (Lipinski definition) is 0. The van der Waals surface area contributed by atoms with Crippen LogP contribution in [0.4, 0.5) is 0 Å². The molecule has 0 amide bonds. The molecule has 57 heavy (non-hydrogen) atoms. The molecule has 0 N–H and O–H groups in total. The third-order valence-electron chi connectivity index (χ3n) is 12.4. The first-order valence-corrected chi connectivity index (χ1v) is 19.8. The van der Waals surface area contributed by atoms with Crippen molar-refractivity contribution in [3.8, 4) is 33.6 Å². The van der Waals surface area contributed by atoms with Crippen molar-refractivity contribution in [2.75, 3.05) is 0 Å². The highest BCUT2D eigenvalue weighted by molar-refractivity contribution is 6.12. The Morgan fingerprint density at radius 1 is 0.281 bits per heavy atom. The van der Waals surface area contributed by atoms with E-state index in [4.69, 9.17) is 0 Å². The van der Waals surface area contributed by atoms with E-state index in [1.54, 1.807) is 0 Å². The number of para-hydroxylation sites is 3. The van der Waals surface area contributed by atoms with Crippen molar-refractivity contribution in [2.45, 2.75) is 5.41 Å². The van der Waals surface area contributed by atoms with Gasteiger partial charge in [0.1, 0.15) is 0 Å². The van der Waals surface area contributed by atoms with Crippen LogP contribution in [-0.2, 0) is 5.41 Å². The van der Waals surface area contributed by atoms with Crippen molar-refractivity contribution >= 4 is 43.6 Å². The Kier molecular flexibility index (Phi) is 6.88. The molecule has 0 fully saturated rings. The van der Waals surface area contributed by atoms with Gasteiger partial charge in [-0.25, -0.2) is 0 Å². The normalized spacial score (nSPS) is 13.1. The third kappa shape index (κ3) is 4.53. The molecule has 0 aliphatic heterocycles. The Morgan fingerprint density at radius 2 is 0.772 bits per heavy atom. The molecular formula is C55H36N2. The average Bonchev–Trinajstić information content (AvgIpc) is 3.91. The van der Waals surface area contributed by atoms with Crippen LogP contribution >= 0.6 is 0 Å². The molecule has 2 nitrogen and oxygen atoms in total. The second-order valence-corrected chi connectivity index (χ2v) is 15.3. The Bertz CT molecular complexity index is 3250. The van der Waals surface area contributed by atoms with E-state index in [0.717, 1.165) is 11.4 Å². The molecule has 266 valence electrons. The Labute approximate surface area is 331 Å². The topological polar surface area (TPSA) is 9.86 Å². The average molecular weight is 725 g/mol. The summed E-state index contributed by atoms with van der Waals surface area (Å²) in [5.41, 5.74) is 16.8. The lowest BCUT2D eigenvalue weighted by Crippen LogP contribution is -2.28. The molecule has 2 heterocycles. The first kappa shape index (κ1) is 31.9. The summed E-state index contributed by atoms with van der Waals surface area (Å²) in [6, 6.07) is 80.6. The smallest absolute Gasteiger partial charge is 0.0713 e. The molecule has 1 aliphatic carbocycles. The van der Waals surface area contributed by atoms with Crippen LogP contribution < -0.4 is 0 Å². The van der Waals surface area contributed by atoms with E-state index in [-0.39, 0.29) is 0 Å². The van der Waals surface area contributed by atoms with Gasteiger partial charge in [-0.05, 0) is 93.0 Å². The number of benzene rings is 9. The zero-order valence-corrected chi connectivity index (χ0v) is 31.2. The lowest BCUT2D eigenvalue weighted by atomic mass is 9.67. The highest BCUT2D eigenvalue weighted by Crippen LogP contribution is 2.56. The number of rotatable bonds is 5. The molecule has 12 rings (SSSR count). The number of fused-ring (bicyclic) bond motifs is 9. The number of hydrogen-bond acceptors (Lipinski definition) is 0. The van der Waals surface area contributed by atoms with E-state index >= 15 is 0 Å². The quantitative estimate of drug-likeness (QED) is 0.167. The maximum Gasteiger partial charge on any atom is 0.0713 e. The fourth-order valence-electron chi connectivity index (χ4n) is 10.0. The van der Waals surface area contributed by atoms with E-state index in [0.29, 0.717) is 0 Å². The van der Waals surface area contributed by atoms with Gasteiger partial charge in [-0.2, -0.15) is 0 Å². The summed E-state index contributed by atoms with van der Waals surface area (Å²) >= 11 is 0. The second kappa shape index (κ2) is 12.3. The molecule has 0 spiro atoms. The van der Waals surface area contributed by atoms with Crippen molar-refractivity contribution in [1.29, 1.82) is 0 Å². The summed E-state index contributed by atoms with van der Waals surface area (Å²) in [5.74, 6) is 0. The van der Waals surface area contributed by atoms with Crippen LogP contribution in [0.1, 0.15) is 22.3 Å². The molecule has 0 saturated carbocycles. The van der Waals surface area contributed by atoms with Crippen molar-refractivity contribution < 1.29 is 0 Å². The zero-order chi connectivity index (χ0) is 37.5. The van der Waals surface area contributed by atoms with Gasteiger partial charge in [-0.3, -0.25) is 0 Å². The van der Waals surface area contributed by atoms with Gasteiger partial charge in [0.25, 0.3) is 0 Å². The van der Waals surface area contributed by atoms with Gasteiger partial charge in [0, 0.05) is 32.9 Å². The Balaban J connectivity index is 1.07. The molecule has 2 heteroatoms. The summed E-state index contributed by atoms with van der Waals surface area (Å²) in [6.07, 6.45) is 0. The minimum atomic E-state index is -0.446. The van der Waals surface area contributed by atoms with Gasteiger partial charge in [-0.15, -0.1) is 0 Å². The minimum absolute atomic E-state index is 0.446. The SMILES string of the molecule is c1ccc(C2(c3ccccc3)c3ccccc3-c3ccc(-c4cccc(-n5c6ccccc6c6ccc(-n7c8ccccc8c8ccccc87)cc65)c4)cc32)cc1. The van der Waals surface area contributed by atoms with Crippen LogP contribution in [-0.4, -0.2) is 9.13 Å². The summed E-state index contributed by atoms with van der Waals surface area (Å²) in [7, 11) is 0. The van der Waals surface area contributed by atoms with Crippen LogP contribution in [0.3, 0.4) is 0 Å². The summed E-state index contributed by atoms with van der Waals surface area (Å²) in [6.45, 7) is 0. The van der Waals surface area contributed by atoms with Crippen molar-refractivity contribution in [3.63, 3.8) is 0 Å². The highest BCUT2D eigenvalue weighted by Gasteiger charge is 2.46. The highest BCUT2D eigenvalue weighted by atomic mass is 15.0. The van der Waals surface area contributed by atoms with Crippen molar-refractivity contribution in [2.24, 2.45) is 0 Å². The fraction of sp³-hybridized carbons (Fsp3) is 0.0182. The van der Waals surface area contributed by atoms with Crippen molar-refractivity contribution in [1.82, 2.24) is 9.13 Å². The summed E-state index contributed by atoms with van der Waals surface area (Å²) in [4.78, 5) is 0. The largest absolute Gasteiger partial charge is 0.309 e. The first-order valence-electron chi connectivity index (χ1n) is 19.8. The molecule has 0 radical (unpaired) electrons.